The number of carbonyl (C=O) groups excluding carboxylic acids is 1. The van der Waals surface area contributed by atoms with E-state index in [4.69, 9.17) is 0 Å². The molecular formula is C22H20N4O2. The molecule has 140 valence electrons. The number of rotatable bonds is 3. The Hall–Kier alpha value is -3.41. The fourth-order valence-corrected chi connectivity index (χ4v) is 4.08. The smallest absolute Gasteiger partial charge is 0.224 e. The normalized spacial score (nSPS) is 13.8. The Morgan fingerprint density at radius 2 is 1.86 bits per heavy atom. The summed E-state index contributed by atoms with van der Waals surface area (Å²) in [7, 11) is 0. The Kier molecular flexibility index (Phi) is 3.97. The molecule has 1 aliphatic rings. The van der Waals surface area contributed by atoms with Crippen LogP contribution in [0.5, 0.6) is 0 Å². The Bertz CT molecular complexity index is 1250. The number of amides is 1. The van der Waals surface area contributed by atoms with Gasteiger partial charge in [0.2, 0.25) is 11.3 Å². The predicted molar refractivity (Wildman–Crippen MR) is 108 cm³/mol. The van der Waals surface area contributed by atoms with Gasteiger partial charge in [-0.25, -0.2) is 0 Å². The first kappa shape index (κ1) is 16.7. The van der Waals surface area contributed by atoms with Gasteiger partial charge in [-0.15, -0.1) is 0 Å². The third-order valence-corrected chi connectivity index (χ3v) is 5.53. The Morgan fingerprint density at radius 1 is 1.07 bits per heavy atom. The van der Waals surface area contributed by atoms with Crippen molar-refractivity contribution in [1.82, 2.24) is 19.7 Å². The number of benzene rings is 2. The summed E-state index contributed by atoms with van der Waals surface area (Å²) in [6.45, 7) is 1.81. The highest BCUT2D eigenvalue weighted by atomic mass is 16.2. The summed E-state index contributed by atoms with van der Waals surface area (Å²) in [5.74, 6) is 0.112. The van der Waals surface area contributed by atoms with Crippen LogP contribution in [0, 0.1) is 0 Å². The number of fused-ring (bicyclic) bond motifs is 4. The highest BCUT2D eigenvalue weighted by Crippen LogP contribution is 2.27. The van der Waals surface area contributed by atoms with Gasteiger partial charge >= 0.3 is 0 Å². The number of hydrogen-bond acceptors (Lipinski definition) is 3. The van der Waals surface area contributed by atoms with Gasteiger partial charge in [-0.1, -0.05) is 30.3 Å². The van der Waals surface area contributed by atoms with Crippen molar-refractivity contribution in [3.63, 3.8) is 0 Å². The molecule has 3 heterocycles. The fourth-order valence-electron chi connectivity index (χ4n) is 4.08. The number of aromatic nitrogens is 3. The monoisotopic (exact) mass is 372 g/mol. The van der Waals surface area contributed by atoms with E-state index in [1.54, 1.807) is 10.7 Å². The fraction of sp³-hybridized carbons (Fsp3) is 0.227. The maximum Gasteiger partial charge on any atom is 0.224 e. The maximum atomic E-state index is 12.9. The van der Waals surface area contributed by atoms with Crippen LogP contribution in [-0.2, 0) is 24.3 Å². The van der Waals surface area contributed by atoms with Crippen molar-refractivity contribution >= 4 is 27.7 Å². The van der Waals surface area contributed by atoms with Crippen molar-refractivity contribution in [1.29, 1.82) is 0 Å². The molecule has 28 heavy (non-hydrogen) atoms. The first-order valence-electron chi connectivity index (χ1n) is 9.52. The topological polar surface area (TPSA) is 71.0 Å². The number of nitrogens with one attached hydrogen (secondary N) is 1. The second-order valence-corrected chi connectivity index (χ2v) is 7.19. The lowest BCUT2D eigenvalue weighted by atomic mass is 10.0. The molecule has 2 aromatic heterocycles. The van der Waals surface area contributed by atoms with Crippen LogP contribution < -0.4 is 5.43 Å². The van der Waals surface area contributed by atoms with E-state index in [1.807, 2.05) is 35.2 Å². The van der Waals surface area contributed by atoms with Crippen LogP contribution in [0.15, 0.2) is 59.5 Å². The number of nitrogens with zero attached hydrogens (tertiary/aromatic N) is 3. The molecule has 5 rings (SSSR count). The zero-order valence-electron chi connectivity index (χ0n) is 15.4. The van der Waals surface area contributed by atoms with Gasteiger partial charge in [0.1, 0.15) is 0 Å². The van der Waals surface area contributed by atoms with E-state index >= 15 is 0 Å². The van der Waals surface area contributed by atoms with Gasteiger partial charge in [-0.2, -0.15) is 5.10 Å². The SMILES string of the molecule is O=C(CCn1ncc(=O)c2ccccc21)N1CCc2[nH]c3ccccc3c2C1. The second-order valence-electron chi connectivity index (χ2n) is 7.19. The average Bonchev–Trinajstić information content (AvgIpc) is 3.11. The van der Waals surface area contributed by atoms with Gasteiger partial charge in [-0.05, 0) is 18.2 Å². The van der Waals surface area contributed by atoms with Gasteiger partial charge in [0.05, 0.1) is 18.3 Å². The minimum atomic E-state index is -0.0962. The van der Waals surface area contributed by atoms with E-state index in [9.17, 15) is 9.59 Å². The molecule has 0 atom stereocenters. The highest BCUT2D eigenvalue weighted by molar-refractivity contribution is 5.86. The van der Waals surface area contributed by atoms with Crippen molar-refractivity contribution in [2.24, 2.45) is 0 Å². The number of para-hydroxylation sites is 2. The van der Waals surface area contributed by atoms with Crippen LogP contribution in [0.2, 0.25) is 0 Å². The third-order valence-electron chi connectivity index (χ3n) is 5.53. The molecule has 0 aliphatic carbocycles. The van der Waals surface area contributed by atoms with Crippen LogP contribution in [0.4, 0.5) is 0 Å². The Morgan fingerprint density at radius 3 is 2.75 bits per heavy atom. The molecule has 4 aromatic rings. The highest BCUT2D eigenvalue weighted by Gasteiger charge is 2.23. The molecule has 0 unspecified atom stereocenters. The van der Waals surface area contributed by atoms with Crippen molar-refractivity contribution < 1.29 is 4.79 Å². The van der Waals surface area contributed by atoms with Gasteiger partial charge in [-0.3, -0.25) is 14.3 Å². The van der Waals surface area contributed by atoms with Crippen LogP contribution in [0.1, 0.15) is 17.7 Å². The molecule has 0 bridgehead atoms. The number of hydrogen-bond donors (Lipinski definition) is 1. The van der Waals surface area contributed by atoms with Crippen molar-refractivity contribution in [3.8, 4) is 0 Å². The quantitative estimate of drug-likeness (QED) is 0.601. The van der Waals surface area contributed by atoms with E-state index in [0.717, 1.165) is 24.0 Å². The largest absolute Gasteiger partial charge is 0.358 e. The van der Waals surface area contributed by atoms with Gasteiger partial charge in [0.25, 0.3) is 0 Å². The Labute approximate surface area is 161 Å². The maximum absolute atomic E-state index is 12.9. The lowest BCUT2D eigenvalue weighted by molar-refractivity contribution is -0.132. The molecule has 0 saturated heterocycles. The summed E-state index contributed by atoms with van der Waals surface area (Å²) in [4.78, 5) is 30.2. The van der Waals surface area contributed by atoms with E-state index < -0.39 is 0 Å². The molecule has 1 aliphatic heterocycles. The van der Waals surface area contributed by atoms with Crippen molar-refractivity contribution in [2.45, 2.75) is 25.9 Å². The Balaban J connectivity index is 1.35. The lowest BCUT2D eigenvalue weighted by Gasteiger charge is -2.27. The molecule has 6 nitrogen and oxygen atoms in total. The molecular weight excluding hydrogens is 352 g/mol. The molecule has 0 saturated carbocycles. The number of H-pyrrole nitrogens is 1. The van der Waals surface area contributed by atoms with Crippen LogP contribution >= 0.6 is 0 Å². The summed E-state index contributed by atoms with van der Waals surface area (Å²) in [5.41, 5.74) is 4.26. The standard InChI is InChI=1S/C22H20N4O2/c27-21-13-23-26(20-8-4-2-6-16(20)21)12-10-22(28)25-11-9-19-17(14-25)15-5-1-3-7-18(15)24-19/h1-8,13,24H,9-12,14H2. The molecule has 0 spiro atoms. The molecule has 1 amide bonds. The summed E-state index contributed by atoms with van der Waals surface area (Å²) < 4.78 is 1.75. The first-order chi connectivity index (χ1) is 13.7. The van der Waals surface area contributed by atoms with E-state index in [0.29, 0.717) is 24.9 Å². The first-order valence-corrected chi connectivity index (χ1v) is 9.52. The van der Waals surface area contributed by atoms with Crippen LogP contribution in [-0.4, -0.2) is 32.1 Å². The second kappa shape index (κ2) is 6.64. The predicted octanol–water partition coefficient (Wildman–Crippen LogP) is 2.85. The van der Waals surface area contributed by atoms with Crippen molar-refractivity contribution in [3.05, 3.63) is 76.2 Å². The number of carbonyl (C=O) groups is 1. The molecule has 2 aromatic carbocycles. The number of aryl methyl sites for hydroxylation is 1. The van der Waals surface area contributed by atoms with Gasteiger partial charge in [0, 0.05) is 53.5 Å². The van der Waals surface area contributed by atoms with E-state index in [1.165, 1.54) is 22.8 Å². The molecule has 0 radical (unpaired) electrons. The third kappa shape index (κ3) is 2.78. The van der Waals surface area contributed by atoms with E-state index in [-0.39, 0.29) is 11.3 Å². The zero-order valence-corrected chi connectivity index (χ0v) is 15.4. The van der Waals surface area contributed by atoms with E-state index in [2.05, 4.69) is 22.2 Å². The molecule has 1 N–H and O–H groups in total. The van der Waals surface area contributed by atoms with Crippen LogP contribution in [0.3, 0.4) is 0 Å². The van der Waals surface area contributed by atoms with Gasteiger partial charge in [0.15, 0.2) is 0 Å². The minimum Gasteiger partial charge on any atom is -0.358 e. The summed E-state index contributed by atoms with van der Waals surface area (Å²) in [6.07, 6.45) is 2.53. The van der Waals surface area contributed by atoms with Crippen molar-refractivity contribution in [2.75, 3.05) is 6.54 Å². The minimum absolute atomic E-state index is 0.0962. The van der Waals surface area contributed by atoms with Crippen LogP contribution in [0.25, 0.3) is 21.8 Å². The summed E-state index contributed by atoms with van der Waals surface area (Å²) in [5, 5.41) is 6.05. The summed E-state index contributed by atoms with van der Waals surface area (Å²) in [6, 6.07) is 15.6. The van der Waals surface area contributed by atoms with Gasteiger partial charge < -0.3 is 9.88 Å². The molecule has 0 fully saturated rings. The lowest BCUT2D eigenvalue weighted by Crippen LogP contribution is -2.36. The average molecular weight is 372 g/mol. The molecule has 6 heteroatoms. The number of aromatic amines is 1. The summed E-state index contributed by atoms with van der Waals surface area (Å²) >= 11 is 0. The zero-order chi connectivity index (χ0) is 19.1.